The van der Waals surface area contributed by atoms with Crippen molar-refractivity contribution in [3.8, 4) is 11.5 Å². The van der Waals surface area contributed by atoms with E-state index in [9.17, 15) is 9.59 Å². The van der Waals surface area contributed by atoms with Crippen LogP contribution in [0.25, 0.3) is 10.8 Å². The lowest BCUT2D eigenvalue weighted by molar-refractivity contribution is -0.123. The first-order valence-corrected chi connectivity index (χ1v) is 10.3. The Hall–Kier alpha value is -3.14. The third-order valence-electron chi connectivity index (χ3n) is 7.00. The number of carbonyl (C=O) groups excluding carboxylic acids is 2. The first-order valence-electron chi connectivity index (χ1n) is 10.3. The molecular weight excluding hydrogens is 362 g/mol. The molecule has 0 unspecified atom stereocenters. The molecule has 2 saturated carbocycles. The fourth-order valence-electron chi connectivity index (χ4n) is 5.74. The first-order chi connectivity index (χ1) is 14.2. The number of nitrogens with zero attached hydrogens (tertiary/aromatic N) is 1. The maximum atomic E-state index is 13.0. The number of benzene rings is 3. The van der Waals surface area contributed by atoms with Crippen molar-refractivity contribution in [3.63, 3.8) is 0 Å². The van der Waals surface area contributed by atoms with Gasteiger partial charge in [-0.15, -0.1) is 0 Å². The van der Waals surface area contributed by atoms with E-state index in [0.29, 0.717) is 23.3 Å². The van der Waals surface area contributed by atoms with Crippen LogP contribution in [0.4, 0.5) is 5.69 Å². The lowest BCUT2D eigenvalue weighted by atomic mass is 9.81. The highest BCUT2D eigenvalue weighted by atomic mass is 16.5. The van der Waals surface area contributed by atoms with E-state index in [1.54, 1.807) is 0 Å². The Kier molecular flexibility index (Phi) is 3.58. The summed E-state index contributed by atoms with van der Waals surface area (Å²) >= 11 is 0. The Morgan fingerprint density at radius 3 is 2.14 bits per heavy atom. The predicted octanol–water partition coefficient (Wildman–Crippen LogP) is 5.17. The Labute approximate surface area is 169 Å². The van der Waals surface area contributed by atoms with Crippen LogP contribution in [0.3, 0.4) is 0 Å². The third-order valence-corrected chi connectivity index (χ3v) is 7.00. The number of hydrogen-bond donors (Lipinski definition) is 0. The van der Waals surface area contributed by atoms with Gasteiger partial charge in [0.25, 0.3) is 0 Å². The molecule has 2 amide bonds. The van der Waals surface area contributed by atoms with Gasteiger partial charge in [0.05, 0.1) is 17.5 Å². The topological polar surface area (TPSA) is 46.6 Å². The lowest BCUT2D eigenvalue weighted by Gasteiger charge is -2.19. The molecule has 144 valence electrons. The van der Waals surface area contributed by atoms with Crippen LogP contribution in [0, 0.1) is 23.7 Å². The molecule has 0 N–H and O–H groups in total. The number of imide groups is 1. The van der Waals surface area contributed by atoms with Crippen LogP contribution >= 0.6 is 0 Å². The van der Waals surface area contributed by atoms with Gasteiger partial charge in [-0.05, 0) is 66.8 Å². The second kappa shape index (κ2) is 6.18. The molecule has 0 aromatic heterocycles. The molecule has 1 heterocycles. The minimum absolute atomic E-state index is 0.00470. The van der Waals surface area contributed by atoms with Crippen molar-refractivity contribution in [1.29, 1.82) is 0 Å². The Morgan fingerprint density at radius 1 is 0.759 bits per heavy atom. The zero-order chi connectivity index (χ0) is 19.5. The number of hydrogen-bond acceptors (Lipinski definition) is 3. The van der Waals surface area contributed by atoms with E-state index in [2.05, 4.69) is 12.1 Å². The van der Waals surface area contributed by atoms with Crippen LogP contribution in [0.1, 0.15) is 19.3 Å². The first kappa shape index (κ1) is 16.8. The van der Waals surface area contributed by atoms with E-state index < -0.39 is 0 Å². The number of amides is 2. The second-order valence-corrected chi connectivity index (χ2v) is 8.47. The normalized spacial score (nSPS) is 27.7. The molecule has 2 aliphatic carbocycles. The highest BCUT2D eigenvalue weighted by Gasteiger charge is 2.61. The van der Waals surface area contributed by atoms with Crippen LogP contribution in [0.15, 0.2) is 66.7 Å². The predicted molar refractivity (Wildman–Crippen MR) is 111 cm³/mol. The van der Waals surface area contributed by atoms with Gasteiger partial charge in [0.2, 0.25) is 11.8 Å². The van der Waals surface area contributed by atoms with Crippen LogP contribution < -0.4 is 9.64 Å². The molecule has 3 fully saturated rings. The number of rotatable bonds is 3. The van der Waals surface area contributed by atoms with Gasteiger partial charge in [-0.1, -0.05) is 36.4 Å². The van der Waals surface area contributed by atoms with E-state index in [4.69, 9.17) is 4.74 Å². The summed E-state index contributed by atoms with van der Waals surface area (Å²) in [6.07, 6.45) is 3.24. The van der Waals surface area contributed by atoms with Gasteiger partial charge in [0.15, 0.2) is 0 Å². The molecule has 0 spiro atoms. The summed E-state index contributed by atoms with van der Waals surface area (Å²) in [5.41, 5.74) is 0.652. The second-order valence-electron chi connectivity index (χ2n) is 8.47. The van der Waals surface area contributed by atoms with Crippen molar-refractivity contribution in [1.82, 2.24) is 0 Å². The van der Waals surface area contributed by atoms with Gasteiger partial charge >= 0.3 is 0 Å². The SMILES string of the molecule is O=C1[C@H]2[C@H]3CC[C@@H](C3)[C@@H]2C(=O)N1c1ccc(Oc2cccc3ccccc23)cc1. The van der Waals surface area contributed by atoms with Gasteiger partial charge < -0.3 is 4.74 Å². The summed E-state index contributed by atoms with van der Waals surface area (Å²) in [6, 6.07) is 21.4. The zero-order valence-corrected chi connectivity index (χ0v) is 16.0. The fraction of sp³-hybridized carbons (Fsp3) is 0.280. The van der Waals surface area contributed by atoms with E-state index in [-0.39, 0.29) is 23.7 Å². The third kappa shape index (κ3) is 2.45. The Morgan fingerprint density at radius 2 is 1.41 bits per heavy atom. The van der Waals surface area contributed by atoms with Crippen molar-refractivity contribution in [2.24, 2.45) is 23.7 Å². The molecule has 29 heavy (non-hydrogen) atoms. The van der Waals surface area contributed by atoms with Crippen molar-refractivity contribution < 1.29 is 14.3 Å². The summed E-state index contributed by atoms with van der Waals surface area (Å²) < 4.78 is 6.09. The minimum Gasteiger partial charge on any atom is -0.457 e. The zero-order valence-electron chi connectivity index (χ0n) is 16.0. The van der Waals surface area contributed by atoms with Gasteiger partial charge in [-0.25, -0.2) is 0 Å². The van der Waals surface area contributed by atoms with Crippen LogP contribution in [0.2, 0.25) is 0 Å². The summed E-state index contributed by atoms with van der Waals surface area (Å²) in [7, 11) is 0. The molecule has 4 nitrogen and oxygen atoms in total. The average Bonchev–Trinajstić information content (AvgIpc) is 3.43. The van der Waals surface area contributed by atoms with E-state index in [1.165, 1.54) is 4.90 Å². The minimum atomic E-state index is -0.0899. The maximum absolute atomic E-state index is 13.0. The van der Waals surface area contributed by atoms with Crippen molar-refractivity contribution in [2.45, 2.75) is 19.3 Å². The molecule has 3 aliphatic rings. The van der Waals surface area contributed by atoms with Gasteiger partial charge in [-0.3, -0.25) is 14.5 Å². The molecule has 6 rings (SSSR count). The molecule has 1 aliphatic heterocycles. The van der Waals surface area contributed by atoms with E-state index >= 15 is 0 Å². The molecule has 4 heteroatoms. The fourth-order valence-corrected chi connectivity index (χ4v) is 5.74. The maximum Gasteiger partial charge on any atom is 0.237 e. The molecule has 4 atom stereocenters. The van der Waals surface area contributed by atoms with Gasteiger partial charge in [-0.2, -0.15) is 0 Å². The average molecular weight is 383 g/mol. The lowest BCUT2D eigenvalue weighted by Crippen LogP contribution is -2.32. The molecule has 3 aromatic rings. The molecule has 2 bridgehead atoms. The Bertz CT molecular complexity index is 1100. The number of carbonyl (C=O) groups is 2. The van der Waals surface area contributed by atoms with Crippen molar-refractivity contribution >= 4 is 28.3 Å². The van der Waals surface area contributed by atoms with Crippen molar-refractivity contribution in [2.75, 3.05) is 4.90 Å². The smallest absolute Gasteiger partial charge is 0.237 e. The number of fused-ring (bicyclic) bond motifs is 6. The summed E-state index contributed by atoms with van der Waals surface area (Å²) in [5, 5.41) is 2.17. The van der Waals surface area contributed by atoms with Gasteiger partial charge in [0.1, 0.15) is 11.5 Å². The van der Waals surface area contributed by atoms with Gasteiger partial charge in [0, 0.05) is 5.39 Å². The van der Waals surface area contributed by atoms with E-state index in [0.717, 1.165) is 35.8 Å². The molecule has 0 radical (unpaired) electrons. The quantitative estimate of drug-likeness (QED) is 0.587. The standard InChI is InChI=1S/C25H21NO3/c27-24-22-16-8-9-17(14-16)23(22)25(28)26(24)18-10-12-19(13-11-18)29-21-7-3-5-15-4-1-2-6-20(15)21/h1-7,10-13,16-17,22-23H,8-9,14H2/t16-,17-,22-,23-/m0/s1. The van der Waals surface area contributed by atoms with Crippen LogP contribution in [-0.4, -0.2) is 11.8 Å². The van der Waals surface area contributed by atoms with Crippen molar-refractivity contribution in [3.05, 3.63) is 66.7 Å². The summed E-state index contributed by atoms with van der Waals surface area (Å²) in [4.78, 5) is 27.4. The van der Waals surface area contributed by atoms with E-state index in [1.807, 2.05) is 54.6 Å². The number of ether oxygens (including phenoxy) is 1. The summed E-state index contributed by atoms with van der Waals surface area (Å²) in [5.74, 6) is 2.09. The highest BCUT2D eigenvalue weighted by Crippen LogP contribution is 2.56. The Balaban J connectivity index is 1.27. The monoisotopic (exact) mass is 383 g/mol. The largest absolute Gasteiger partial charge is 0.457 e. The highest BCUT2D eigenvalue weighted by molar-refractivity contribution is 6.22. The molecule has 3 aromatic carbocycles. The molecule has 1 saturated heterocycles. The summed E-state index contributed by atoms with van der Waals surface area (Å²) in [6.45, 7) is 0. The van der Waals surface area contributed by atoms with Crippen LogP contribution in [0.5, 0.6) is 11.5 Å². The number of anilines is 1. The molecular formula is C25H21NO3. The van der Waals surface area contributed by atoms with Crippen LogP contribution in [-0.2, 0) is 9.59 Å².